The van der Waals surface area contributed by atoms with E-state index in [1.54, 1.807) is 0 Å². The fourth-order valence-corrected chi connectivity index (χ4v) is 9.80. The largest absolute Gasteiger partial charge is 0.309 e. The smallest absolute Gasteiger partial charge is 0.0988 e. The van der Waals surface area contributed by atoms with E-state index in [0.717, 1.165) is 23.4 Å². The summed E-state index contributed by atoms with van der Waals surface area (Å²) in [6.07, 6.45) is 7.04. The van der Waals surface area contributed by atoms with Crippen LogP contribution in [0.15, 0.2) is 175 Å². The van der Waals surface area contributed by atoms with Crippen molar-refractivity contribution >= 4 is 75.1 Å². The van der Waals surface area contributed by atoms with Crippen molar-refractivity contribution in [2.75, 3.05) is 0 Å². The van der Waals surface area contributed by atoms with Crippen LogP contribution in [0.25, 0.3) is 86.3 Å². The second-order valence-electron chi connectivity index (χ2n) is 14.0. The van der Waals surface area contributed by atoms with Gasteiger partial charge in [-0.25, -0.2) is 0 Å². The summed E-state index contributed by atoms with van der Waals surface area (Å²) in [5, 5.41) is 16.9. The minimum absolute atomic E-state index is 0.265. The molecule has 0 saturated carbocycles. The maximum Gasteiger partial charge on any atom is 0.0988 e. The maximum atomic E-state index is 9.37. The molecule has 0 radical (unpaired) electrons. The molecule has 0 N–H and O–H groups in total. The van der Waals surface area contributed by atoms with Gasteiger partial charge in [0.05, 0.1) is 32.8 Å². The van der Waals surface area contributed by atoms with Gasteiger partial charge in [0, 0.05) is 59.9 Å². The molecule has 3 aromatic heterocycles. The summed E-state index contributed by atoms with van der Waals surface area (Å²) in [5.74, 6) is 0.265. The van der Waals surface area contributed by atoms with E-state index < -0.39 is 0 Å². The summed E-state index contributed by atoms with van der Waals surface area (Å²) >= 11 is 1.88. The lowest BCUT2D eigenvalue weighted by molar-refractivity contribution is 0.851. The third-order valence-corrected chi connectivity index (χ3v) is 12.3. The van der Waals surface area contributed by atoms with E-state index in [1.807, 2.05) is 17.4 Å². The first-order chi connectivity index (χ1) is 26.2. The van der Waals surface area contributed by atoms with Gasteiger partial charge in [-0.15, -0.1) is 11.3 Å². The lowest BCUT2D eigenvalue weighted by Gasteiger charge is -2.14. The molecule has 0 fully saturated rings. The van der Waals surface area contributed by atoms with Gasteiger partial charge < -0.3 is 9.13 Å². The van der Waals surface area contributed by atoms with Crippen LogP contribution in [0.4, 0.5) is 0 Å². The third kappa shape index (κ3) is 4.58. The number of fused-ring (bicyclic) bond motifs is 10. The standard InChI is InChI=1S/C49H31N3S/c50-30-31-17-19-33(20-18-31)35-21-26-47-43(28-35)41-24-23-40-42-29-37(51-44-15-6-4-13-38(44)39-14-5-7-16-45(39)51)22-25-46(42)52(48(40)49(41)53-47)36-12-8-11-34(27-36)32-9-2-1-3-10-32/h1-19,21-29,33H,20H2. The molecule has 1 aliphatic carbocycles. The quantitative estimate of drug-likeness (QED) is 0.181. The summed E-state index contributed by atoms with van der Waals surface area (Å²) < 4.78 is 7.48. The van der Waals surface area contributed by atoms with Gasteiger partial charge in [0.15, 0.2) is 0 Å². The summed E-state index contributed by atoms with van der Waals surface area (Å²) in [4.78, 5) is 0. The molecule has 4 heteroatoms. The zero-order valence-corrected chi connectivity index (χ0v) is 29.5. The Bertz CT molecular complexity index is 3160. The molecule has 3 heterocycles. The van der Waals surface area contributed by atoms with E-state index in [9.17, 15) is 5.26 Å². The van der Waals surface area contributed by atoms with Gasteiger partial charge >= 0.3 is 0 Å². The van der Waals surface area contributed by atoms with Crippen molar-refractivity contribution < 1.29 is 0 Å². The van der Waals surface area contributed by atoms with Crippen molar-refractivity contribution in [2.24, 2.45) is 0 Å². The predicted molar refractivity (Wildman–Crippen MR) is 224 cm³/mol. The van der Waals surface area contributed by atoms with Crippen molar-refractivity contribution in [3.63, 3.8) is 0 Å². The average Bonchev–Trinajstić information content (AvgIpc) is 3.88. The Labute approximate surface area is 310 Å². The van der Waals surface area contributed by atoms with E-state index in [2.05, 4.69) is 179 Å². The monoisotopic (exact) mass is 693 g/mol. The first kappa shape index (κ1) is 30.0. The molecule has 0 saturated heterocycles. The van der Waals surface area contributed by atoms with Crippen molar-refractivity contribution in [1.82, 2.24) is 9.13 Å². The van der Waals surface area contributed by atoms with Crippen LogP contribution < -0.4 is 0 Å². The highest BCUT2D eigenvalue weighted by molar-refractivity contribution is 7.26. The molecule has 7 aromatic carbocycles. The number of hydrogen-bond donors (Lipinski definition) is 0. The van der Waals surface area contributed by atoms with Crippen LogP contribution in [-0.2, 0) is 0 Å². The minimum atomic E-state index is 0.265. The van der Waals surface area contributed by atoms with Gasteiger partial charge in [-0.3, -0.25) is 0 Å². The van der Waals surface area contributed by atoms with Gasteiger partial charge in [0.1, 0.15) is 0 Å². The van der Waals surface area contributed by atoms with Crippen molar-refractivity contribution in [1.29, 1.82) is 5.26 Å². The number of nitriles is 1. The van der Waals surface area contributed by atoms with E-state index in [0.29, 0.717) is 0 Å². The highest BCUT2D eigenvalue weighted by atomic mass is 32.1. The molecule has 1 aliphatic rings. The molecule has 3 nitrogen and oxygen atoms in total. The Morgan fingerprint density at radius 1 is 0.547 bits per heavy atom. The Hall–Kier alpha value is -6.67. The van der Waals surface area contributed by atoms with Crippen LogP contribution in [0.5, 0.6) is 0 Å². The fraction of sp³-hybridized carbons (Fsp3) is 0.0408. The SMILES string of the molecule is N#CC1=CCC(c2ccc3sc4c(ccc5c6cc(-n7c8ccccc8c8ccccc87)ccc6n(-c6cccc(-c7ccccc7)c6)c54)c3c2)C=C1. The van der Waals surface area contributed by atoms with Crippen molar-refractivity contribution in [3.05, 3.63) is 181 Å². The first-order valence-corrected chi connectivity index (χ1v) is 18.9. The molecule has 10 aromatic rings. The molecule has 53 heavy (non-hydrogen) atoms. The summed E-state index contributed by atoms with van der Waals surface area (Å²) in [6.45, 7) is 0. The van der Waals surface area contributed by atoms with Gasteiger partial charge in [-0.05, 0) is 83.8 Å². The number of rotatable bonds is 4. The van der Waals surface area contributed by atoms with Crippen LogP contribution >= 0.6 is 11.3 Å². The zero-order valence-electron chi connectivity index (χ0n) is 28.7. The molecule has 248 valence electrons. The topological polar surface area (TPSA) is 33.6 Å². The third-order valence-electron chi connectivity index (χ3n) is 11.1. The highest BCUT2D eigenvalue weighted by Gasteiger charge is 2.21. The number of aromatic nitrogens is 2. The molecule has 1 unspecified atom stereocenters. The molecule has 0 amide bonds. The number of nitrogens with zero attached hydrogens (tertiary/aromatic N) is 3. The van der Waals surface area contributed by atoms with Crippen LogP contribution in [0.2, 0.25) is 0 Å². The highest BCUT2D eigenvalue weighted by Crippen LogP contribution is 2.45. The Morgan fingerprint density at radius 3 is 2.04 bits per heavy atom. The second kappa shape index (κ2) is 11.7. The minimum Gasteiger partial charge on any atom is -0.309 e. The van der Waals surface area contributed by atoms with E-state index >= 15 is 0 Å². The van der Waals surface area contributed by atoms with E-state index in [-0.39, 0.29) is 5.92 Å². The van der Waals surface area contributed by atoms with E-state index in [1.165, 1.54) is 80.5 Å². The number of allylic oxidation sites excluding steroid dienone is 4. The lowest BCUT2D eigenvalue weighted by atomic mass is 9.89. The molecule has 1 atom stereocenters. The van der Waals surface area contributed by atoms with Crippen LogP contribution in [0, 0.1) is 11.3 Å². The summed E-state index contributed by atoms with van der Waals surface area (Å²) in [6, 6.07) is 58.0. The van der Waals surface area contributed by atoms with Gasteiger partial charge in [-0.2, -0.15) is 5.26 Å². The number of hydrogen-bond acceptors (Lipinski definition) is 2. The van der Waals surface area contributed by atoms with Gasteiger partial charge in [0.2, 0.25) is 0 Å². The Kier molecular flexibility index (Phi) is 6.61. The molecule has 0 bridgehead atoms. The average molecular weight is 694 g/mol. The van der Waals surface area contributed by atoms with Gasteiger partial charge in [0.25, 0.3) is 0 Å². The predicted octanol–water partition coefficient (Wildman–Crippen LogP) is 13.4. The Morgan fingerprint density at radius 2 is 1.26 bits per heavy atom. The number of thiophene rings is 1. The molecule has 11 rings (SSSR count). The van der Waals surface area contributed by atoms with Crippen molar-refractivity contribution in [3.8, 4) is 28.6 Å². The molecular formula is C49H31N3S. The lowest BCUT2D eigenvalue weighted by Crippen LogP contribution is -1.97. The first-order valence-electron chi connectivity index (χ1n) is 18.1. The molecule has 0 spiro atoms. The van der Waals surface area contributed by atoms with Crippen molar-refractivity contribution in [2.45, 2.75) is 12.3 Å². The Balaban J connectivity index is 1.19. The normalized spacial score (nSPS) is 14.5. The fourth-order valence-electron chi connectivity index (χ4n) is 8.58. The summed E-state index contributed by atoms with van der Waals surface area (Å²) in [5.41, 5.74) is 11.6. The van der Waals surface area contributed by atoms with E-state index in [4.69, 9.17) is 0 Å². The van der Waals surface area contributed by atoms with Crippen LogP contribution in [0.3, 0.4) is 0 Å². The molecule has 0 aliphatic heterocycles. The second-order valence-corrected chi connectivity index (χ2v) is 15.0. The number of para-hydroxylation sites is 2. The maximum absolute atomic E-state index is 9.37. The zero-order chi connectivity index (χ0) is 35.0. The summed E-state index contributed by atoms with van der Waals surface area (Å²) in [7, 11) is 0. The van der Waals surface area contributed by atoms with Crippen LogP contribution in [0.1, 0.15) is 17.9 Å². The number of benzene rings is 7. The van der Waals surface area contributed by atoms with Gasteiger partial charge in [-0.1, -0.05) is 109 Å². The molecular weight excluding hydrogens is 663 g/mol. The van der Waals surface area contributed by atoms with Crippen LogP contribution in [-0.4, -0.2) is 9.13 Å².